The first-order valence-electron chi connectivity index (χ1n) is 5.87. The second kappa shape index (κ2) is 5.14. The molecule has 1 nitrogen and oxygen atoms in total. The molecule has 1 heterocycles. The van der Waals surface area contributed by atoms with Gasteiger partial charge in [-0.1, -0.05) is 42.5 Å². The molecule has 0 bridgehead atoms. The molecule has 19 heavy (non-hydrogen) atoms. The van der Waals surface area contributed by atoms with Crippen molar-refractivity contribution in [2.45, 2.75) is 6.92 Å². The number of halogens is 2. The van der Waals surface area contributed by atoms with Gasteiger partial charge in [-0.3, -0.25) is 4.70 Å². The second-order valence-corrected chi connectivity index (χ2v) is 4.32. The molecule has 0 fully saturated rings. The number of hydrogen-bond acceptors (Lipinski definition) is 1. The van der Waals surface area contributed by atoms with E-state index in [0.29, 0.717) is 5.52 Å². The SMILES string of the molecule is Cc1ccccc1-c1cc(F)nc2ccccc12.F. The summed E-state index contributed by atoms with van der Waals surface area (Å²) in [6.45, 7) is 2.03. The van der Waals surface area contributed by atoms with Crippen molar-refractivity contribution in [2.75, 3.05) is 0 Å². The lowest BCUT2D eigenvalue weighted by Gasteiger charge is -2.09. The van der Waals surface area contributed by atoms with E-state index in [-0.39, 0.29) is 4.70 Å². The molecule has 0 aliphatic heterocycles. The standard InChI is InChI=1S/C16H12FN.FH/c1-11-6-2-3-7-12(11)14-10-16(17)18-15-9-5-4-8-13(14)15;/h2-10H,1H3;1H. The molecule has 0 spiro atoms. The third-order valence-electron chi connectivity index (χ3n) is 3.12. The van der Waals surface area contributed by atoms with Crippen LogP contribution >= 0.6 is 0 Å². The van der Waals surface area contributed by atoms with E-state index in [1.54, 1.807) is 0 Å². The number of benzene rings is 2. The van der Waals surface area contributed by atoms with E-state index in [1.165, 1.54) is 6.07 Å². The molecule has 0 aliphatic carbocycles. The van der Waals surface area contributed by atoms with E-state index in [0.717, 1.165) is 22.1 Å². The first-order chi connectivity index (χ1) is 8.75. The maximum Gasteiger partial charge on any atom is 0.214 e. The van der Waals surface area contributed by atoms with Gasteiger partial charge in [0.05, 0.1) is 5.52 Å². The molecule has 0 N–H and O–H groups in total. The van der Waals surface area contributed by atoms with Crippen molar-refractivity contribution in [1.82, 2.24) is 4.98 Å². The average Bonchev–Trinajstić information content (AvgIpc) is 2.38. The third kappa shape index (κ3) is 2.32. The summed E-state index contributed by atoms with van der Waals surface area (Å²) in [5, 5.41) is 0.980. The van der Waals surface area contributed by atoms with Crippen molar-refractivity contribution in [3.8, 4) is 11.1 Å². The average molecular weight is 257 g/mol. The van der Waals surface area contributed by atoms with Crippen LogP contribution in [0.2, 0.25) is 0 Å². The summed E-state index contributed by atoms with van der Waals surface area (Å²) in [6, 6.07) is 17.1. The van der Waals surface area contributed by atoms with E-state index >= 15 is 0 Å². The smallest absolute Gasteiger partial charge is 0.214 e. The molecule has 0 amide bonds. The highest BCUT2D eigenvalue weighted by Crippen LogP contribution is 2.30. The topological polar surface area (TPSA) is 12.9 Å². The Morgan fingerprint density at radius 3 is 2.37 bits per heavy atom. The van der Waals surface area contributed by atoms with Crippen LogP contribution in [0.15, 0.2) is 54.6 Å². The van der Waals surface area contributed by atoms with Crippen LogP contribution in [-0.2, 0) is 0 Å². The molecule has 3 aromatic rings. The highest BCUT2D eigenvalue weighted by Gasteiger charge is 2.08. The van der Waals surface area contributed by atoms with Gasteiger partial charge < -0.3 is 0 Å². The minimum absolute atomic E-state index is 0. The van der Waals surface area contributed by atoms with Crippen molar-refractivity contribution in [1.29, 1.82) is 0 Å². The summed E-state index contributed by atoms with van der Waals surface area (Å²) in [5.74, 6) is -0.438. The summed E-state index contributed by atoms with van der Waals surface area (Å²) in [6.07, 6.45) is 0. The first kappa shape index (κ1) is 13.1. The van der Waals surface area contributed by atoms with E-state index in [9.17, 15) is 4.39 Å². The van der Waals surface area contributed by atoms with Crippen LogP contribution in [0.5, 0.6) is 0 Å². The van der Waals surface area contributed by atoms with Gasteiger partial charge in [-0.2, -0.15) is 4.39 Å². The fourth-order valence-electron chi connectivity index (χ4n) is 2.24. The Bertz CT molecular complexity index is 723. The largest absolute Gasteiger partial charge is 0.269 e. The normalized spacial score (nSPS) is 10.2. The molecule has 1 aromatic heterocycles. The lowest BCUT2D eigenvalue weighted by molar-refractivity contribution is 0.589. The summed E-state index contributed by atoms with van der Waals surface area (Å²) < 4.78 is 13.6. The summed E-state index contributed by atoms with van der Waals surface area (Å²) in [4.78, 5) is 3.92. The number of aryl methyl sites for hydroxylation is 1. The molecule has 3 rings (SSSR count). The Balaban J connectivity index is 0.00000133. The second-order valence-electron chi connectivity index (χ2n) is 4.32. The number of nitrogens with zero attached hydrogens (tertiary/aromatic N) is 1. The maximum absolute atomic E-state index is 13.6. The Morgan fingerprint density at radius 2 is 1.58 bits per heavy atom. The Hall–Kier alpha value is -2.29. The fraction of sp³-hybridized carbons (Fsp3) is 0.0625. The fourth-order valence-corrected chi connectivity index (χ4v) is 2.24. The van der Waals surface area contributed by atoms with Crippen LogP contribution in [0.1, 0.15) is 5.56 Å². The molecular weight excluding hydrogens is 244 g/mol. The molecule has 0 saturated carbocycles. The van der Waals surface area contributed by atoms with Gasteiger partial charge in [0.25, 0.3) is 0 Å². The van der Waals surface area contributed by atoms with Crippen LogP contribution < -0.4 is 0 Å². The minimum Gasteiger partial charge on any atom is -0.269 e. The molecule has 2 aromatic carbocycles. The predicted octanol–water partition coefficient (Wildman–Crippen LogP) is 4.50. The molecule has 0 atom stereocenters. The summed E-state index contributed by atoms with van der Waals surface area (Å²) in [5.41, 5.74) is 3.77. The minimum atomic E-state index is -0.438. The van der Waals surface area contributed by atoms with Gasteiger partial charge in [0.15, 0.2) is 0 Å². The first-order valence-corrected chi connectivity index (χ1v) is 5.87. The lowest BCUT2D eigenvalue weighted by atomic mass is 9.97. The summed E-state index contributed by atoms with van der Waals surface area (Å²) >= 11 is 0. The Kier molecular flexibility index (Phi) is 3.56. The van der Waals surface area contributed by atoms with Gasteiger partial charge in [-0.15, -0.1) is 0 Å². The van der Waals surface area contributed by atoms with Gasteiger partial charge in [0, 0.05) is 11.5 Å². The van der Waals surface area contributed by atoms with Crippen LogP contribution in [0.3, 0.4) is 0 Å². The Morgan fingerprint density at radius 1 is 0.895 bits per heavy atom. The van der Waals surface area contributed by atoms with Gasteiger partial charge in [0.2, 0.25) is 5.95 Å². The van der Waals surface area contributed by atoms with Crippen LogP contribution in [0.25, 0.3) is 22.0 Å². The molecule has 0 radical (unpaired) electrons. The molecule has 3 heteroatoms. The van der Waals surface area contributed by atoms with Crippen molar-refractivity contribution >= 4 is 10.9 Å². The van der Waals surface area contributed by atoms with Crippen LogP contribution in [-0.4, -0.2) is 4.98 Å². The highest BCUT2D eigenvalue weighted by molar-refractivity contribution is 5.95. The molecule has 0 unspecified atom stereocenters. The van der Waals surface area contributed by atoms with E-state index in [4.69, 9.17) is 0 Å². The molecule has 0 aliphatic rings. The summed E-state index contributed by atoms with van der Waals surface area (Å²) in [7, 11) is 0. The quantitative estimate of drug-likeness (QED) is 0.585. The molecular formula is C16H13F2N. The highest BCUT2D eigenvalue weighted by atomic mass is 19.1. The zero-order valence-electron chi connectivity index (χ0n) is 10.4. The van der Waals surface area contributed by atoms with E-state index < -0.39 is 5.95 Å². The molecule has 96 valence electrons. The van der Waals surface area contributed by atoms with E-state index in [2.05, 4.69) is 4.98 Å². The molecule has 0 saturated heterocycles. The number of hydrogen-bond donors (Lipinski definition) is 0. The lowest BCUT2D eigenvalue weighted by Crippen LogP contribution is -1.90. The maximum atomic E-state index is 13.6. The predicted molar refractivity (Wildman–Crippen MR) is 74.4 cm³/mol. The van der Waals surface area contributed by atoms with Gasteiger partial charge in [0.1, 0.15) is 0 Å². The third-order valence-corrected chi connectivity index (χ3v) is 3.12. The van der Waals surface area contributed by atoms with Crippen LogP contribution in [0.4, 0.5) is 9.09 Å². The van der Waals surface area contributed by atoms with Crippen LogP contribution in [0, 0.1) is 12.9 Å². The monoisotopic (exact) mass is 257 g/mol. The van der Waals surface area contributed by atoms with Gasteiger partial charge >= 0.3 is 0 Å². The Labute approximate surface area is 110 Å². The number of fused-ring (bicyclic) bond motifs is 1. The zero-order chi connectivity index (χ0) is 12.5. The van der Waals surface area contributed by atoms with Crippen molar-refractivity contribution < 1.29 is 9.09 Å². The van der Waals surface area contributed by atoms with Gasteiger partial charge in [-0.25, -0.2) is 4.98 Å². The zero-order valence-corrected chi connectivity index (χ0v) is 10.4. The number of para-hydroxylation sites is 1. The van der Waals surface area contributed by atoms with Crippen molar-refractivity contribution in [3.63, 3.8) is 0 Å². The van der Waals surface area contributed by atoms with Crippen molar-refractivity contribution in [2.24, 2.45) is 0 Å². The number of aromatic nitrogens is 1. The van der Waals surface area contributed by atoms with Gasteiger partial charge in [-0.05, 0) is 29.7 Å². The number of rotatable bonds is 1. The van der Waals surface area contributed by atoms with Crippen molar-refractivity contribution in [3.05, 3.63) is 66.1 Å². The van der Waals surface area contributed by atoms with E-state index in [1.807, 2.05) is 55.5 Å². The number of pyridine rings is 1.